The fourth-order valence-electron chi connectivity index (χ4n) is 3.51. The van der Waals surface area contributed by atoms with Gasteiger partial charge in [0.15, 0.2) is 5.65 Å². The predicted octanol–water partition coefficient (Wildman–Crippen LogP) is 1.04. The molecule has 6 heteroatoms. The third-order valence-electron chi connectivity index (χ3n) is 4.66. The Morgan fingerprint density at radius 3 is 3.05 bits per heavy atom. The van der Waals surface area contributed by atoms with Crippen molar-refractivity contribution < 1.29 is 0 Å². The van der Waals surface area contributed by atoms with Crippen molar-refractivity contribution in [1.82, 2.24) is 24.4 Å². The molecule has 2 saturated heterocycles. The molecular weight excluding hydrogens is 252 g/mol. The molecule has 0 radical (unpaired) electrons. The number of nitrogens with zero attached hydrogens (tertiary/aromatic N) is 6. The minimum absolute atomic E-state index is 0.463. The van der Waals surface area contributed by atoms with E-state index in [0.29, 0.717) is 12.1 Å². The molecule has 0 bridgehead atoms. The molecule has 2 aliphatic rings. The van der Waals surface area contributed by atoms with Crippen molar-refractivity contribution in [3.8, 4) is 0 Å². The van der Waals surface area contributed by atoms with E-state index in [4.69, 9.17) is 0 Å². The Balaban J connectivity index is 1.67. The van der Waals surface area contributed by atoms with Gasteiger partial charge in [0, 0.05) is 32.2 Å². The van der Waals surface area contributed by atoms with Gasteiger partial charge in [0.25, 0.3) is 0 Å². The second-order valence-electron chi connectivity index (χ2n) is 6.03. The van der Waals surface area contributed by atoms with Crippen LogP contribution in [0.4, 0.5) is 5.95 Å². The Kier molecular flexibility index (Phi) is 2.66. The Bertz CT molecular complexity index is 636. The highest BCUT2D eigenvalue weighted by Crippen LogP contribution is 2.27. The minimum atomic E-state index is 0.463. The fourth-order valence-corrected chi connectivity index (χ4v) is 3.51. The summed E-state index contributed by atoms with van der Waals surface area (Å²) in [5, 5.41) is 0. The third kappa shape index (κ3) is 1.78. The van der Waals surface area contributed by atoms with Crippen molar-refractivity contribution >= 4 is 17.1 Å². The summed E-state index contributed by atoms with van der Waals surface area (Å²) in [5.74, 6) is 0.829. The molecule has 2 aromatic rings. The molecule has 106 valence electrons. The quantitative estimate of drug-likeness (QED) is 0.776. The van der Waals surface area contributed by atoms with Gasteiger partial charge in [0.05, 0.1) is 12.5 Å². The summed E-state index contributed by atoms with van der Waals surface area (Å²) in [6.07, 6.45) is 6.31. The zero-order chi connectivity index (χ0) is 13.7. The molecule has 4 rings (SSSR count). The van der Waals surface area contributed by atoms with Crippen LogP contribution in [0.3, 0.4) is 0 Å². The summed E-state index contributed by atoms with van der Waals surface area (Å²) in [6.45, 7) is 5.68. The lowest BCUT2D eigenvalue weighted by Gasteiger charge is -2.42. The van der Waals surface area contributed by atoms with Gasteiger partial charge in [-0.3, -0.25) is 4.90 Å². The number of piperazine rings is 1. The standard InChI is InChI=1S/C14H20N6/c1-10-7-19-5-3-4-11(19)8-20(10)14-15-6-12-13(17-14)16-9-18(12)2/h6,9-11H,3-5,7-8H2,1-2H3/t10-,11-/m1/s1. The normalized spacial score (nSPS) is 27.2. The number of aromatic nitrogens is 4. The molecule has 0 amide bonds. The lowest BCUT2D eigenvalue weighted by Crippen LogP contribution is -2.55. The SMILES string of the molecule is C[C@@H]1CN2CCC[C@@H]2CN1c1ncc2c(ncn2C)n1. The Morgan fingerprint density at radius 1 is 1.25 bits per heavy atom. The topological polar surface area (TPSA) is 50.1 Å². The average Bonchev–Trinajstić information content (AvgIpc) is 3.04. The van der Waals surface area contributed by atoms with Crippen molar-refractivity contribution in [3.05, 3.63) is 12.5 Å². The maximum atomic E-state index is 4.65. The van der Waals surface area contributed by atoms with Crippen LogP contribution in [-0.4, -0.2) is 56.1 Å². The number of hydrogen-bond acceptors (Lipinski definition) is 5. The van der Waals surface area contributed by atoms with Crippen LogP contribution >= 0.6 is 0 Å². The van der Waals surface area contributed by atoms with Crippen LogP contribution in [0.25, 0.3) is 11.2 Å². The van der Waals surface area contributed by atoms with Crippen LogP contribution in [-0.2, 0) is 7.05 Å². The number of rotatable bonds is 1. The maximum absolute atomic E-state index is 4.65. The van der Waals surface area contributed by atoms with Crippen molar-refractivity contribution in [3.63, 3.8) is 0 Å². The predicted molar refractivity (Wildman–Crippen MR) is 77.7 cm³/mol. The first kappa shape index (κ1) is 12.1. The molecule has 0 aromatic carbocycles. The van der Waals surface area contributed by atoms with Crippen LogP contribution in [0.15, 0.2) is 12.5 Å². The molecule has 2 aliphatic heterocycles. The average molecular weight is 272 g/mol. The van der Waals surface area contributed by atoms with Crippen molar-refractivity contribution in [2.75, 3.05) is 24.5 Å². The second-order valence-corrected chi connectivity index (χ2v) is 6.03. The van der Waals surface area contributed by atoms with Crippen molar-refractivity contribution in [2.45, 2.75) is 31.8 Å². The van der Waals surface area contributed by atoms with Crippen LogP contribution in [0.2, 0.25) is 0 Å². The summed E-state index contributed by atoms with van der Waals surface area (Å²) < 4.78 is 1.96. The zero-order valence-electron chi connectivity index (χ0n) is 12.0. The first-order chi connectivity index (χ1) is 9.72. The third-order valence-corrected chi connectivity index (χ3v) is 4.66. The Labute approximate surface area is 118 Å². The molecule has 4 heterocycles. The number of hydrogen-bond donors (Lipinski definition) is 0. The summed E-state index contributed by atoms with van der Waals surface area (Å²) in [5.41, 5.74) is 1.78. The van der Waals surface area contributed by atoms with E-state index in [1.807, 2.05) is 17.8 Å². The van der Waals surface area contributed by atoms with Gasteiger partial charge in [-0.2, -0.15) is 4.98 Å². The molecular formula is C14H20N6. The van der Waals surface area contributed by atoms with Crippen LogP contribution in [0.1, 0.15) is 19.8 Å². The van der Waals surface area contributed by atoms with E-state index in [2.05, 4.69) is 31.7 Å². The molecule has 0 unspecified atom stereocenters. The fraction of sp³-hybridized carbons (Fsp3) is 0.643. The molecule has 2 atom stereocenters. The Hall–Kier alpha value is -1.69. The molecule has 20 heavy (non-hydrogen) atoms. The highest BCUT2D eigenvalue weighted by molar-refractivity contribution is 5.71. The molecule has 0 aliphatic carbocycles. The van der Waals surface area contributed by atoms with Gasteiger partial charge in [0.2, 0.25) is 5.95 Å². The number of fused-ring (bicyclic) bond motifs is 2. The highest BCUT2D eigenvalue weighted by atomic mass is 15.4. The van der Waals surface area contributed by atoms with Gasteiger partial charge in [-0.05, 0) is 26.3 Å². The number of aryl methyl sites for hydroxylation is 1. The number of imidazole rings is 1. The molecule has 0 spiro atoms. The molecule has 6 nitrogen and oxygen atoms in total. The lowest BCUT2D eigenvalue weighted by atomic mass is 10.1. The van der Waals surface area contributed by atoms with Gasteiger partial charge in [-0.15, -0.1) is 0 Å². The summed E-state index contributed by atoms with van der Waals surface area (Å²) in [6, 6.07) is 1.14. The highest BCUT2D eigenvalue weighted by Gasteiger charge is 2.35. The molecule has 2 aromatic heterocycles. The summed E-state index contributed by atoms with van der Waals surface area (Å²) in [7, 11) is 1.97. The van der Waals surface area contributed by atoms with Crippen molar-refractivity contribution in [2.24, 2.45) is 7.05 Å². The Morgan fingerprint density at radius 2 is 2.15 bits per heavy atom. The van der Waals surface area contributed by atoms with E-state index in [1.165, 1.54) is 19.4 Å². The smallest absolute Gasteiger partial charge is 0.227 e. The van der Waals surface area contributed by atoms with E-state index in [1.54, 1.807) is 6.33 Å². The maximum Gasteiger partial charge on any atom is 0.227 e. The zero-order valence-corrected chi connectivity index (χ0v) is 12.0. The summed E-state index contributed by atoms with van der Waals surface area (Å²) >= 11 is 0. The summed E-state index contributed by atoms with van der Waals surface area (Å²) in [4.78, 5) is 18.5. The minimum Gasteiger partial charge on any atom is -0.335 e. The molecule has 0 N–H and O–H groups in total. The van der Waals surface area contributed by atoms with Gasteiger partial charge in [0.1, 0.15) is 5.52 Å². The lowest BCUT2D eigenvalue weighted by molar-refractivity contribution is 0.201. The van der Waals surface area contributed by atoms with E-state index in [0.717, 1.165) is 30.2 Å². The first-order valence-corrected chi connectivity index (χ1v) is 7.37. The van der Waals surface area contributed by atoms with Gasteiger partial charge >= 0.3 is 0 Å². The van der Waals surface area contributed by atoms with Gasteiger partial charge in [-0.25, -0.2) is 9.97 Å². The first-order valence-electron chi connectivity index (χ1n) is 7.37. The largest absolute Gasteiger partial charge is 0.335 e. The van der Waals surface area contributed by atoms with E-state index >= 15 is 0 Å². The van der Waals surface area contributed by atoms with Crippen molar-refractivity contribution in [1.29, 1.82) is 0 Å². The van der Waals surface area contributed by atoms with Gasteiger partial charge in [-0.1, -0.05) is 0 Å². The van der Waals surface area contributed by atoms with Gasteiger partial charge < -0.3 is 9.47 Å². The van der Waals surface area contributed by atoms with Crippen LogP contribution in [0.5, 0.6) is 0 Å². The van der Waals surface area contributed by atoms with E-state index in [-0.39, 0.29) is 0 Å². The van der Waals surface area contributed by atoms with Crippen LogP contribution in [0, 0.1) is 0 Å². The van der Waals surface area contributed by atoms with E-state index < -0.39 is 0 Å². The molecule has 2 fully saturated rings. The van der Waals surface area contributed by atoms with E-state index in [9.17, 15) is 0 Å². The number of anilines is 1. The van der Waals surface area contributed by atoms with Crippen LogP contribution < -0.4 is 4.90 Å². The second kappa shape index (κ2) is 4.41. The molecule has 0 saturated carbocycles. The monoisotopic (exact) mass is 272 g/mol.